The monoisotopic (exact) mass is 224 g/mol. The number of rotatable bonds is 5. The quantitative estimate of drug-likeness (QED) is 0.561. The molecule has 0 radical (unpaired) electrons. The first-order valence-electron chi connectivity index (χ1n) is 4.64. The Hall–Kier alpha value is -2.18. The molecule has 7 nitrogen and oxygen atoms in total. The average Bonchev–Trinajstić information content (AvgIpc) is 2.19. The van der Waals surface area contributed by atoms with Crippen LogP contribution in [0.4, 0.5) is 11.5 Å². The molecule has 0 bridgehead atoms. The Balaban J connectivity index is 2.78. The molecule has 0 aliphatic carbocycles. The number of aryl methyl sites for hydroxylation is 1. The predicted molar refractivity (Wildman–Crippen MR) is 57.9 cm³/mol. The number of amides is 1. The molecule has 0 spiro atoms. The Labute approximate surface area is 91.8 Å². The van der Waals surface area contributed by atoms with E-state index >= 15 is 0 Å². The van der Waals surface area contributed by atoms with Crippen LogP contribution in [0.3, 0.4) is 0 Å². The topological polar surface area (TPSA) is 111 Å². The van der Waals surface area contributed by atoms with Gasteiger partial charge in [-0.15, -0.1) is 0 Å². The molecule has 1 aromatic heterocycles. The Morgan fingerprint density at radius 3 is 2.94 bits per heavy atom. The van der Waals surface area contributed by atoms with Crippen molar-refractivity contribution < 1.29 is 9.72 Å². The van der Waals surface area contributed by atoms with Gasteiger partial charge in [0.25, 0.3) is 0 Å². The molecule has 0 aromatic carbocycles. The number of nitrogens with two attached hydrogens (primary N) is 1. The summed E-state index contributed by atoms with van der Waals surface area (Å²) >= 11 is 0. The molecule has 1 amide bonds. The van der Waals surface area contributed by atoms with Crippen molar-refractivity contribution in [2.24, 2.45) is 5.73 Å². The number of nitrogens with one attached hydrogen (secondary N) is 1. The third kappa shape index (κ3) is 3.19. The lowest BCUT2D eigenvalue weighted by Crippen LogP contribution is -2.16. The molecule has 0 unspecified atom stereocenters. The van der Waals surface area contributed by atoms with E-state index in [9.17, 15) is 14.9 Å². The lowest BCUT2D eigenvalue weighted by molar-refractivity contribution is -0.384. The molecule has 16 heavy (non-hydrogen) atoms. The molecule has 0 atom stereocenters. The zero-order valence-corrected chi connectivity index (χ0v) is 8.77. The molecular weight excluding hydrogens is 212 g/mol. The van der Waals surface area contributed by atoms with Crippen molar-refractivity contribution in [2.75, 3.05) is 11.9 Å². The Bertz CT molecular complexity index is 419. The summed E-state index contributed by atoms with van der Waals surface area (Å²) in [7, 11) is 0. The van der Waals surface area contributed by atoms with Crippen molar-refractivity contribution >= 4 is 17.4 Å². The Morgan fingerprint density at radius 2 is 2.38 bits per heavy atom. The van der Waals surface area contributed by atoms with Crippen LogP contribution in [0, 0.1) is 17.0 Å². The van der Waals surface area contributed by atoms with E-state index in [1.54, 1.807) is 6.92 Å². The molecule has 0 aliphatic heterocycles. The number of aromatic nitrogens is 1. The summed E-state index contributed by atoms with van der Waals surface area (Å²) < 4.78 is 0. The van der Waals surface area contributed by atoms with E-state index in [4.69, 9.17) is 5.73 Å². The third-order valence-electron chi connectivity index (χ3n) is 1.86. The first kappa shape index (κ1) is 11.9. The fourth-order valence-electron chi connectivity index (χ4n) is 1.13. The van der Waals surface area contributed by atoms with Crippen LogP contribution in [0.15, 0.2) is 12.3 Å². The summed E-state index contributed by atoms with van der Waals surface area (Å²) in [5.41, 5.74) is 5.54. The van der Waals surface area contributed by atoms with Gasteiger partial charge in [0.2, 0.25) is 11.7 Å². The highest BCUT2D eigenvalue weighted by Gasteiger charge is 2.14. The van der Waals surface area contributed by atoms with E-state index in [1.165, 1.54) is 12.3 Å². The second kappa shape index (κ2) is 5.06. The third-order valence-corrected chi connectivity index (χ3v) is 1.86. The van der Waals surface area contributed by atoms with E-state index in [0.717, 1.165) is 0 Å². The summed E-state index contributed by atoms with van der Waals surface area (Å²) in [6, 6.07) is 1.42. The molecule has 0 saturated heterocycles. The minimum absolute atomic E-state index is 0.104. The lowest BCUT2D eigenvalue weighted by Gasteiger charge is -2.05. The van der Waals surface area contributed by atoms with E-state index < -0.39 is 10.8 Å². The van der Waals surface area contributed by atoms with Gasteiger partial charge >= 0.3 is 5.69 Å². The van der Waals surface area contributed by atoms with Crippen molar-refractivity contribution in [3.05, 3.63) is 27.9 Å². The van der Waals surface area contributed by atoms with Gasteiger partial charge < -0.3 is 11.1 Å². The molecular formula is C9H12N4O3. The van der Waals surface area contributed by atoms with Crippen molar-refractivity contribution in [2.45, 2.75) is 13.3 Å². The SMILES string of the molecule is Cc1cnc(NCCC(N)=O)c([N+](=O)[O-])c1. The number of pyridine rings is 1. The van der Waals surface area contributed by atoms with Crippen molar-refractivity contribution in [1.29, 1.82) is 0 Å². The number of anilines is 1. The summed E-state index contributed by atoms with van der Waals surface area (Å²) in [6.07, 6.45) is 1.62. The lowest BCUT2D eigenvalue weighted by atomic mass is 10.3. The summed E-state index contributed by atoms with van der Waals surface area (Å²) in [6.45, 7) is 1.94. The van der Waals surface area contributed by atoms with E-state index in [1.807, 2.05) is 0 Å². The molecule has 1 rings (SSSR count). The Morgan fingerprint density at radius 1 is 1.69 bits per heavy atom. The molecule has 1 aromatic rings. The van der Waals surface area contributed by atoms with Crippen molar-refractivity contribution in [3.8, 4) is 0 Å². The smallest absolute Gasteiger partial charge is 0.311 e. The van der Waals surface area contributed by atoms with Crippen LogP contribution in [0.25, 0.3) is 0 Å². The van der Waals surface area contributed by atoms with Crippen LogP contribution < -0.4 is 11.1 Å². The van der Waals surface area contributed by atoms with Gasteiger partial charge in [0.1, 0.15) is 0 Å². The summed E-state index contributed by atoms with van der Waals surface area (Å²) in [5, 5.41) is 13.4. The van der Waals surface area contributed by atoms with Crippen LogP contribution in [-0.2, 0) is 4.79 Å². The van der Waals surface area contributed by atoms with Crippen LogP contribution >= 0.6 is 0 Å². The number of carbonyl (C=O) groups excluding carboxylic acids is 1. The van der Waals surface area contributed by atoms with Gasteiger partial charge in [-0.2, -0.15) is 0 Å². The molecule has 3 N–H and O–H groups in total. The number of primary amides is 1. The Kier molecular flexibility index (Phi) is 3.76. The minimum Gasteiger partial charge on any atom is -0.370 e. The zero-order valence-electron chi connectivity index (χ0n) is 8.77. The van der Waals surface area contributed by atoms with E-state index in [-0.39, 0.29) is 24.5 Å². The molecule has 0 fully saturated rings. The van der Waals surface area contributed by atoms with Crippen molar-refractivity contribution in [1.82, 2.24) is 4.98 Å². The molecule has 7 heteroatoms. The number of hydrogen-bond acceptors (Lipinski definition) is 5. The van der Waals surface area contributed by atoms with Crippen LogP contribution in [0.1, 0.15) is 12.0 Å². The molecule has 0 aliphatic rings. The summed E-state index contributed by atoms with van der Waals surface area (Å²) in [5.74, 6) is -0.320. The highest BCUT2D eigenvalue weighted by Crippen LogP contribution is 2.22. The van der Waals surface area contributed by atoms with Gasteiger partial charge in [-0.3, -0.25) is 14.9 Å². The fourth-order valence-corrected chi connectivity index (χ4v) is 1.13. The van der Waals surface area contributed by atoms with Crippen LogP contribution in [0.2, 0.25) is 0 Å². The zero-order chi connectivity index (χ0) is 12.1. The number of carbonyl (C=O) groups is 1. The van der Waals surface area contributed by atoms with Gasteiger partial charge in [-0.1, -0.05) is 0 Å². The largest absolute Gasteiger partial charge is 0.370 e. The van der Waals surface area contributed by atoms with Gasteiger partial charge in [0.15, 0.2) is 0 Å². The van der Waals surface area contributed by atoms with E-state index in [2.05, 4.69) is 10.3 Å². The summed E-state index contributed by atoms with van der Waals surface area (Å²) in [4.78, 5) is 24.6. The maximum Gasteiger partial charge on any atom is 0.311 e. The number of hydrogen-bond donors (Lipinski definition) is 2. The number of nitro groups is 1. The number of nitrogens with zero attached hydrogens (tertiary/aromatic N) is 2. The fraction of sp³-hybridized carbons (Fsp3) is 0.333. The minimum atomic E-state index is -0.521. The van der Waals surface area contributed by atoms with Gasteiger partial charge in [-0.05, 0) is 12.5 Å². The highest BCUT2D eigenvalue weighted by atomic mass is 16.6. The van der Waals surface area contributed by atoms with Gasteiger partial charge in [0.05, 0.1) is 4.92 Å². The normalized spacial score (nSPS) is 9.81. The second-order valence-corrected chi connectivity index (χ2v) is 3.28. The first-order valence-corrected chi connectivity index (χ1v) is 4.64. The maximum atomic E-state index is 10.7. The van der Waals surface area contributed by atoms with Crippen LogP contribution in [-0.4, -0.2) is 22.4 Å². The van der Waals surface area contributed by atoms with E-state index in [0.29, 0.717) is 5.56 Å². The maximum absolute atomic E-state index is 10.7. The second-order valence-electron chi connectivity index (χ2n) is 3.28. The highest BCUT2D eigenvalue weighted by molar-refractivity contribution is 5.74. The van der Waals surface area contributed by atoms with Crippen LogP contribution in [0.5, 0.6) is 0 Å². The predicted octanol–water partition coefficient (Wildman–Crippen LogP) is 0.586. The molecule has 0 saturated carbocycles. The van der Waals surface area contributed by atoms with Gasteiger partial charge in [0, 0.05) is 25.2 Å². The van der Waals surface area contributed by atoms with Crippen molar-refractivity contribution in [3.63, 3.8) is 0 Å². The molecule has 1 heterocycles. The standard InChI is InChI=1S/C9H12N4O3/c1-6-4-7(13(15)16)9(12-5-6)11-3-2-8(10)14/h4-5H,2-3H2,1H3,(H2,10,14)(H,11,12). The average molecular weight is 224 g/mol. The molecule has 86 valence electrons. The van der Waals surface area contributed by atoms with Gasteiger partial charge in [-0.25, -0.2) is 4.98 Å². The first-order chi connectivity index (χ1) is 7.50.